The van der Waals surface area contributed by atoms with E-state index in [1.54, 1.807) is 24.3 Å². The first-order chi connectivity index (χ1) is 12.9. The van der Waals surface area contributed by atoms with Crippen LogP contribution in [0, 0.1) is 0 Å². The highest BCUT2D eigenvalue weighted by Crippen LogP contribution is 2.34. The van der Waals surface area contributed by atoms with E-state index in [4.69, 9.17) is 4.42 Å². The van der Waals surface area contributed by atoms with Crippen molar-refractivity contribution in [2.75, 3.05) is 13.1 Å². The highest BCUT2D eigenvalue weighted by atomic mass is 32.2. The molecule has 27 heavy (non-hydrogen) atoms. The van der Waals surface area contributed by atoms with E-state index in [2.05, 4.69) is 9.89 Å². The maximum atomic E-state index is 12.9. The van der Waals surface area contributed by atoms with Gasteiger partial charge in [-0.05, 0) is 48.9 Å². The number of carbonyl (C=O) groups is 1. The number of carbonyl (C=O) groups excluding carboxylic acids is 1. The van der Waals surface area contributed by atoms with Crippen molar-refractivity contribution in [2.45, 2.75) is 19.0 Å². The molecule has 1 amide bonds. The predicted molar refractivity (Wildman–Crippen MR) is 98.0 cm³/mol. The largest absolute Gasteiger partial charge is 0.457 e. The number of hydrogen-bond acceptors (Lipinski definition) is 4. The number of amides is 1. The molecule has 4 nitrogen and oxygen atoms in total. The van der Waals surface area contributed by atoms with Gasteiger partial charge in [0.05, 0.1) is 10.5 Å². The monoisotopic (exact) mass is 392 g/mol. The maximum Gasteiger partial charge on any atom is 0.416 e. The Bertz CT molecular complexity index is 940. The molecule has 0 bridgehead atoms. The van der Waals surface area contributed by atoms with Crippen LogP contribution in [0.2, 0.25) is 0 Å². The van der Waals surface area contributed by atoms with Gasteiger partial charge >= 0.3 is 6.18 Å². The van der Waals surface area contributed by atoms with Gasteiger partial charge in [-0.25, -0.2) is 0 Å². The molecule has 4 rings (SSSR count). The Labute approximate surface area is 157 Å². The smallest absolute Gasteiger partial charge is 0.416 e. The second-order valence-corrected chi connectivity index (χ2v) is 7.29. The third-order valence-corrected chi connectivity index (χ3v) is 5.40. The molecule has 140 valence electrons. The van der Waals surface area contributed by atoms with Crippen LogP contribution in [0.1, 0.15) is 24.2 Å². The molecule has 8 heteroatoms. The molecule has 0 saturated carbocycles. The molecule has 1 aromatic heterocycles. The third kappa shape index (κ3) is 3.80. The lowest BCUT2D eigenvalue weighted by molar-refractivity contribution is -0.137. The van der Waals surface area contributed by atoms with Crippen LogP contribution in [-0.2, 0) is 11.0 Å². The summed E-state index contributed by atoms with van der Waals surface area (Å²) in [6.45, 7) is 1.79. The van der Waals surface area contributed by atoms with Gasteiger partial charge in [0.25, 0.3) is 5.91 Å². The Morgan fingerprint density at radius 2 is 1.93 bits per heavy atom. The summed E-state index contributed by atoms with van der Waals surface area (Å²) in [6, 6.07) is 8.17. The average molecular weight is 392 g/mol. The van der Waals surface area contributed by atoms with Gasteiger partial charge in [0.15, 0.2) is 5.17 Å². The predicted octanol–water partition coefficient (Wildman–Crippen LogP) is 5.03. The van der Waals surface area contributed by atoms with Gasteiger partial charge in [-0.1, -0.05) is 12.1 Å². The van der Waals surface area contributed by atoms with Crippen molar-refractivity contribution < 1.29 is 22.4 Å². The number of alkyl halides is 3. The summed E-state index contributed by atoms with van der Waals surface area (Å²) < 4.78 is 44.2. The van der Waals surface area contributed by atoms with Crippen LogP contribution in [0.3, 0.4) is 0 Å². The van der Waals surface area contributed by atoms with Gasteiger partial charge < -0.3 is 9.32 Å². The van der Waals surface area contributed by atoms with Crippen LogP contribution in [0.25, 0.3) is 17.4 Å². The molecule has 0 aliphatic carbocycles. The number of hydrogen-bond donors (Lipinski definition) is 0. The van der Waals surface area contributed by atoms with Gasteiger partial charge in [0, 0.05) is 24.7 Å². The molecule has 0 unspecified atom stereocenters. The van der Waals surface area contributed by atoms with E-state index in [0.717, 1.165) is 38.1 Å². The molecule has 0 spiro atoms. The van der Waals surface area contributed by atoms with Crippen LogP contribution in [0.15, 0.2) is 50.7 Å². The maximum absolute atomic E-state index is 12.9. The second kappa shape index (κ2) is 6.92. The van der Waals surface area contributed by atoms with E-state index in [9.17, 15) is 18.0 Å². The van der Waals surface area contributed by atoms with E-state index < -0.39 is 11.7 Å². The zero-order chi connectivity index (χ0) is 19.0. The first-order valence-electron chi connectivity index (χ1n) is 8.45. The molecule has 0 N–H and O–H groups in total. The number of aliphatic imine (C=N–C) groups is 1. The highest BCUT2D eigenvalue weighted by Gasteiger charge is 2.31. The van der Waals surface area contributed by atoms with Crippen molar-refractivity contribution in [1.82, 2.24) is 4.90 Å². The lowest BCUT2D eigenvalue weighted by atomic mass is 10.1. The minimum atomic E-state index is -4.41. The summed E-state index contributed by atoms with van der Waals surface area (Å²) in [5.41, 5.74) is -0.407. The molecule has 1 fully saturated rings. The normalized spacial score (nSPS) is 19.2. The Morgan fingerprint density at radius 3 is 2.67 bits per heavy atom. The molecule has 3 heterocycles. The fourth-order valence-corrected chi connectivity index (χ4v) is 3.95. The topological polar surface area (TPSA) is 45.8 Å². The molecule has 2 aromatic rings. The first kappa shape index (κ1) is 17.9. The third-order valence-electron chi connectivity index (χ3n) is 4.36. The Balaban J connectivity index is 1.54. The van der Waals surface area contributed by atoms with Crippen LogP contribution in [0.5, 0.6) is 0 Å². The summed E-state index contributed by atoms with van der Waals surface area (Å²) >= 11 is 1.30. The van der Waals surface area contributed by atoms with Gasteiger partial charge in [-0.15, -0.1) is 0 Å². The summed E-state index contributed by atoms with van der Waals surface area (Å²) in [7, 11) is 0. The Hall–Kier alpha value is -2.48. The lowest BCUT2D eigenvalue weighted by Crippen LogP contribution is -2.23. The first-order valence-corrected chi connectivity index (χ1v) is 9.27. The molecular weight excluding hydrogens is 377 g/mol. The minimum Gasteiger partial charge on any atom is -0.457 e. The van der Waals surface area contributed by atoms with Crippen molar-refractivity contribution in [2.24, 2.45) is 4.99 Å². The molecule has 2 aliphatic rings. The molecule has 1 aromatic carbocycles. The van der Waals surface area contributed by atoms with Gasteiger partial charge in [-0.3, -0.25) is 4.79 Å². The van der Waals surface area contributed by atoms with E-state index in [-0.39, 0.29) is 5.91 Å². The zero-order valence-electron chi connectivity index (χ0n) is 14.1. The number of benzene rings is 1. The van der Waals surface area contributed by atoms with Crippen LogP contribution < -0.4 is 0 Å². The number of nitrogens with zero attached hydrogens (tertiary/aromatic N) is 2. The molecule has 2 aliphatic heterocycles. The fourth-order valence-electron chi connectivity index (χ4n) is 3.01. The summed E-state index contributed by atoms with van der Waals surface area (Å²) in [5.74, 6) is 0.388. The number of thioether (sulfide) groups is 1. The van der Waals surface area contributed by atoms with Crippen molar-refractivity contribution in [3.63, 3.8) is 0 Å². The van der Waals surface area contributed by atoms with Crippen molar-refractivity contribution >= 4 is 28.9 Å². The van der Waals surface area contributed by atoms with E-state index in [1.807, 2.05) is 0 Å². The van der Waals surface area contributed by atoms with E-state index in [1.165, 1.54) is 17.8 Å². The van der Waals surface area contributed by atoms with E-state index in [0.29, 0.717) is 27.2 Å². The summed E-state index contributed by atoms with van der Waals surface area (Å²) in [4.78, 5) is 18.7. The number of amidine groups is 1. The number of furan rings is 1. The van der Waals surface area contributed by atoms with Crippen molar-refractivity contribution in [1.29, 1.82) is 0 Å². The van der Waals surface area contributed by atoms with Gasteiger partial charge in [0.2, 0.25) is 0 Å². The SMILES string of the molecule is O=C1N=C(N2CCCC2)S/C1=C/c1ccc(-c2cccc(C(F)(F)F)c2)o1. The number of halogens is 3. The van der Waals surface area contributed by atoms with E-state index >= 15 is 0 Å². The fraction of sp³-hybridized carbons (Fsp3) is 0.263. The number of rotatable bonds is 2. The van der Waals surface area contributed by atoms with Crippen LogP contribution in [0.4, 0.5) is 13.2 Å². The molecule has 1 saturated heterocycles. The standard InChI is InChI=1S/C19H15F3N2O2S/c20-19(21,22)13-5-3-4-12(10-13)15-7-6-14(26-15)11-16-17(25)23-18(27-16)24-8-1-2-9-24/h3-7,10-11H,1-2,8-9H2/b16-11+. The minimum absolute atomic E-state index is 0.309. The van der Waals surface area contributed by atoms with Crippen molar-refractivity contribution in [3.05, 3.63) is 52.6 Å². The van der Waals surface area contributed by atoms with Gasteiger partial charge in [0.1, 0.15) is 11.5 Å². The second-order valence-electron chi connectivity index (χ2n) is 6.28. The van der Waals surface area contributed by atoms with Crippen LogP contribution >= 0.6 is 11.8 Å². The summed E-state index contributed by atoms with van der Waals surface area (Å²) in [6.07, 6.45) is -0.656. The summed E-state index contributed by atoms with van der Waals surface area (Å²) in [5, 5.41) is 0.702. The quantitative estimate of drug-likeness (QED) is 0.673. The van der Waals surface area contributed by atoms with Crippen LogP contribution in [-0.4, -0.2) is 29.1 Å². The van der Waals surface area contributed by atoms with Gasteiger partial charge in [-0.2, -0.15) is 18.2 Å². The molecule has 0 atom stereocenters. The molecular formula is C19H15F3N2O2S. The zero-order valence-corrected chi connectivity index (χ0v) is 14.9. The Kier molecular flexibility index (Phi) is 4.59. The highest BCUT2D eigenvalue weighted by molar-refractivity contribution is 8.18. The Morgan fingerprint density at radius 1 is 1.15 bits per heavy atom. The molecule has 0 radical (unpaired) electrons. The average Bonchev–Trinajstić information content (AvgIpc) is 3.37. The number of likely N-dealkylation sites (tertiary alicyclic amines) is 1. The lowest BCUT2D eigenvalue weighted by Gasteiger charge is -2.14. The van der Waals surface area contributed by atoms with Crippen molar-refractivity contribution in [3.8, 4) is 11.3 Å².